The van der Waals surface area contributed by atoms with Crippen molar-refractivity contribution in [1.82, 2.24) is 4.90 Å². The first-order chi connectivity index (χ1) is 5.27. The Morgan fingerprint density at radius 3 is 2.18 bits per heavy atom. The van der Waals surface area contributed by atoms with E-state index >= 15 is 0 Å². The zero-order chi connectivity index (χ0) is 7.84. The van der Waals surface area contributed by atoms with E-state index < -0.39 is 0 Å². The number of piperidine rings is 2. The van der Waals surface area contributed by atoms with E-state index in [1.165, 1.54) is 32.1 Å². The number of rotatable bonds is 0. The van der Waals surface area contributed by atoms with Crippen molar-refractivity contribution < 1.29 is 0 Å². The van der Waals surface area contributed by atoms with Crippen molar-refractivity contribution in [3.63, 3.8) is 0 Å². The molecule has 0 spiro atoms. The van der Waals surface area contributed by atoms with Crippen molar-refractivity contribution in [2.24, 2.45) is 5.92 Å². The quantitative estimate of drug-likeness (QED) is 0.516. The van der Waals surface area contributed by atoms with Gasteiger partial charge in [0.05, 0.1) is 0 Å². The largest absolute Gasteiger partial charge is 0.300 e. The van der Waals surface area contributed by atoms with Crippen LogP contribution in [0.4, 0.5) is 0 Å². The molecule has 64 valence electrons. The summed E-state index contributed by atoms with van der Waals surface area (Å²) >= 11 is 0. The van der Waals surface area contributed by atoms with Crippen LogP contribution in [0.1, 0.15) is 39.0 Å². The van der Waals surface area contributed by atoms with Crippen LogP contribution in [-0.2, 0) is 0 Å². The van der Waals surface area contributed by atoms with Crippen LogP contribution in [-0.4, -0.2) is 24.0 Å². The third kappa shape index (κ3) is 1.31. The summed E-state index contributed by atoms with van der Waals surface area (Å²) in [7, 11) is 2.32. The van der Waals surface area contributed by atoms with Gasteiger partial charge in [0.1, 0.15) is 0 Å². The molecular formula is C10H19N. The fourth-order valence-electron chi connectivity index (χ4n) is 2.89. The van der Waals surface area contributed by atoms with Gasteiger partial charge in [-0.3, -0.25) is 0 Å². The first-order valence-electron chi connectivity index (χ1n) is 4.99. The minimum absolute atomic E-state index is 0.928. The van der Waals surface area contributed by atoms with E-state index in [-0.39, 0.29) is 0 Å². The molecule has 2 heterocycles. The molecule has 11 heavy (non-hydrogen) atoms. The summed E-state index contributed by atoms with van der Waals surface area (Å²) in [5.74, 6) is 0.987. The second-order valence-electron chi connectivity index (χ2n) is 4.48. The molecule has 1 nitrogen and oxygen atoms in total. The first-order valence-corrected chi connectivity index (χ1v) is 4.99. The van der Waals surface area contributed by atoms with Crippen LogP contribution in [0.2, 0.25) is 0 Å². The van der Waals surface area contributed by atoms with Crippen molar-refractivity contribution >= 4 is 0 Å². The van der Waals surface area contributed by atoms with Gasteiger partial charge in [0, 0.05) is 12.1 Å². The zero-order valence-corrected chi connectivity index (χ0v) is 7.71. The van der Waals surface area contributed by atoms with Gasteiger partial charge in [0.25, 0.3) is 0 Å². The third-order valence-corrected chi connectivity index (χ3v) is 3.58. The fourth-order valence-corrected chi connectivity index (χ4v) is 2.89. The van der Waals surface area contributed by atoms with E-state index in [9.17, 15) is 0 Å². The zero-order valence-electron chi connectivity index (χ0n) is 7.71. The maximum absolute atomic E-state index is 2.63. The monoisotopic (exact) mass is 153 g/mol. The average Bonchev–Trinajstić information content (AvgIpc) is 1.92. The van der Waals surface area contributed by atoms with Crippen molar-refractivity contribution in [3.05, 3.63) is 0 Å². The van der Waals surface area contributed by atoms with Gasteiger partial charge < -0.3 is 4.90 Å². The van der Waals surface area contributed by atoms with Crippen LogP contribution in [0.25, 0.3) is 0 Å². The lowest BCUT2D eigenvalue weighted by Gasteiger charge is -2.46. The van der Waals surface area contributed by atoms with E-state index in [0.717, 1.165) is 18.0 Å². The van der Waals surface area contributed by atoms with Crippen LogP contribution < -0.4 is 0 Å². The molecule has 2 atom stereocenters. The van der Waals surface area contributed by atoms with Crippen LogP contribution in [0, 0.1) is 5.92 Å². The maximum Gasteiger partial charge on any atom is 0.00977 e. The highest BCUT2D eigenvalue weighted by Crippen LogP contribution is 2.35. The van der Waals surface area contributed by atoms with Crippen LogP contribution >= 0.6 is 0 Å². The van der Waals surface area contributed by atoms with E-state index in [1.54, 1.807) is 0 Å². The maximum atomic E-state index is 2.63. The molecule has 0 aliphatic carbocycles. The smallest absolute Gasteiger partial charge is 0.00977 e. The molecule has 2 rings (SSSR count). The normalized spacial score (nSPS) is 45.8. The van der Waals surface area contributed by atoms with Gasteiger partial charge in [-0.05, 0) is 38.6 Å². The van der Waals surface area contributed by atoms with Crippen molar-refractivity contribution in [2.75, 3.05) is 7.05 Å². The molecule has 2 saturated heterocycles. The Labute approximate surface area is 69.8 Å². The molecule has 0 aromatic rings. The van der Waals surface area contributed by atoms with Gasteiger partial charge in [0.2, 0.25) is 0 Å². The second-order valence-corrected chi connectivity index (χ2v) is 4.48. The third-order valence-electron chi connectivity index (χ3n) is 3.58. The summed E-state index contributed by atoms with van der Waals surface area (Å²) in [5, 5.41) is 0. The lowest BCUT2D eigenvalue weighted by atomic mass is 9.80. The topological polar surface area (TPSA) is 3.24 Å². The fraction of sp³-hybridized carbons (Fsp3) is 1.00. The first kappa shape index (κ1) is 7.60. The highest BCUT2D eigenvalue weighted by Gasteiger charge is 2.33. The lowest BCUT2D eigenvalue weighted by molar-refractivity contribution is 0.0415. The Balaban J connectivity index is 2.07. The summed E-state index contributed by atoms with van der Waals surface area (Å²) in [5.41, 5.74) is 0. The van der Waals surface area contributed by atoms with E-state index in [1.807, 2.05) is 0 Å². The van der Waals surface area contributed by atoms with E-state index in [4.69, 9.17) is 0 Å². The van der Waals surface area contributed by atoms with Crippen LogP contribution in [0.3, 0.4) is 0 Å². The summed E-state index contributed by atoms with van der Waals surface area (Å²) in [6.45, 7) is 2.42. The summed E-state index contributed by atoms with van der Waals surface area (Å²) in [6, 6.07) is 1.86. The standard InChI is InChI=1S/C10H19N/c1-8-6-9-4-3-5-10(7-8)11(9)2/h8-10H,3-7H2,1-2H3. The molecule has 2 unspecified atom stereocenters. The Morgan fingerprint density at radius 1 is 1.09 bits per heavy atom. The number of fused-ring (bicyclic) bond motifs is 2. The summed E-state index contributed by atoms with van der Waals surface area (Å²) in [6.07, 6.45) is 7.29. The SMILES string of the molecule is CC1CC2CCCC(C1)N2C. The lowest BCUT2D eigenvalue weighted by Crippen LogP contribution is -2.49. The average molecular weight is 153 g/mol. The van der Waals surface area contributed by atoms with Gasteiger partial charge in [-0.15, -0.1) is 0 Å². The van der Waals surface area contributed by atoms with Crippen LogP contribution in [0.15, 0.2) is 0 Å². The molecule has 0 amide bonds. The van der Waals surface area contributed by atoms with E-state index in [0.29, 0.717) is 0 Å². The highest BCUT2D eigenvalue weighted by molar-refractivity contribution is 4.89. The Bertz CT molecular complexity index is 130. The molecule has 0 aromatic carbocycles. The number of nitrogens with zero attached hydrogens (tertiary/aromatic N) is 1. The number of hydrogen-bond donors (Lipinski definition) is 0. The molecule has 0 radical (unpaired) electrons. The molecule has 2 fully saturated rings. The Hall–Kier alpha value is -0.0400. The summed E-state index contributed by atoms with van der Waals surface area (Å²) < 4.78 is 0. The molecule has 0 saturated carbocycles. The predicted octanol–water partition coefficient (Wildman–Crippen LogP) is 2.27. The number of hydrogen-bond acceptors (Lipinski definition) is 1. The van der Waals surface area contributed by atoms with Gasteiger partial charge in [0.15, 0.2) is 0 Å². The van der Waals surface area contributed by atoms with Crippen molar-refractivity contribution in [3.8, 4) is 0 Å². The second kappa shape index (κ2) is 2.78. The van der Waals surface area contributed by atoms with Crippen LogP contribution in [0.5, 0.6) is 0 Å². The van der Waals surface area contributed by atoms with Gasteiger partial charge >= 0.3 is 0 Å². The summed E-state index contributed by atoms with van der Waals surface area (Å²) in [4.78, 5) is 2.63. The molecule has 1 heteroatoms. The predicted molar refractivity (Wildman–Crippen MR) is 47.6 cm³/mol. The molecular weight excluding hydrogens is 134 g/mol. The van der Waals surface area contributed by atoms with Crippen molar-refractivity contribution in [1.29, 1.82) is 0 Å². The molecule has 0 aromatic heterocycles. The molecule has 2 aliphatic rings. The minimum Gasteiger partial charge on any atom is -0.300 e. The molecule has 0 N–H and O–H groups in total. The van der Waals surface area contributed by atoms with Gasteiger partial charge in [-0.25, -0.2) is 0 Å². The Morgan fingerprint density at radius 2 is 1.64 bits per heavy atom. The van der Waals surface area contributed by atoms with Crippen molar-refractivity contribution in [2.45, 2.75) is 51.1 Å². The molecule has 2 bridgehead atoms. The Kier molecular flexibility index (Phi) is 1.92. The molecule has 2 aliphatic heterocycles. The van der Waals surface area contributed by atoms with E-state index in [2.05, 4.69) is 18.9 Å². The van der Waals surface area contributed by atoms with Gasteiger partial charge in [-0.1, -0.05) is 13.3 Å². The highest BCUT2D eigenvalue weighted by atomic mass is 15.2. The minimum atomic E-state index is 0.928. The van der Waals surface area contributed by atoms with Gasteiger partial charge in [-0.2, -0.15) is 0 Å².